The summed E-state index contributed by atoms with van der Waals surface area (Å²) in [6.45, 7) is 5.80. The van der Waals surface area contributed by atoms with Crippen molar-refractivity contribution in [1.29, 1.82) is 0 Å². The number of nitrogens with zero attached hydrogens (tertiary/aromatic N) is 1. The SMILES string of the molecule is CC(C)(C)OC(=O)N1C2CCC1CC(O)(C13CC4CC(CC(C4)C1)C3)C2. The molecule has 1 amide bonds. The zero-order valence-electron chi connectivity index (χ0n) is 16.7. The molecule has 6 bridgehead atoms. The molecule has 2 unspecified atom stereocenters. The highest BCUT2D eigenvalue weighted by Crippen LogP contribution is 2.66. The molecule has 0 aromatic heterocycles. The molecule has 4 aliphatic carbocycles. The van der Waals surface area contributed by atoms with Crippen LogP contribution in [0.1, 0.15) is 85.0 Å². The van der Waals surface area contributed by atoms with E-state index in [1.165, 1.54) is 38.5 Å². The summed E-state index contributed by atoms with van der Waals surface area (Å²) in [7, 11) is 0. The Hall–Kier alpha value is -0.770. The van der Waals surface area contributed by atoms with Crippen LogP contribution in [0.3, 0.4) is 0 Å². The van der Waals surface area contributed by atoms with Crippen LogP contribution in [-0.2, 0) is 4.74 Å². The molecule has 6 aliphatic rings. The zero-order chi connectivity index (χ0) is 18.3. The van der Waals surface area contributed by atoms with Gasteiger partial charge in [0.05, 0.1) is 5.60 Å². The second kappa shape index (κ2) is 5.40. The fraction of sp³-hybridized carbons (Fsp3) is 0.955. The van der Waals surface area contributed by atoms with E-state index in [1.807, 2.05) is 25.7 Å². The molecule has 2 aliphatic heterocycles. The molecule has 2 saturated heterocycles. The van der Waals surface area contributed by atoms with Gasteiger partial charge in [-0.05, 0) is 103 Å². The maximum atomic E-state index is 12.8. The number of hydrogen-bond donors (Lipinski definition) is 1. The summed E-state index contributed by atoms with van der Waals surface area (Å²) >= 11 is 0. The first-order valence-corrected chi connectivity index (χ1v) is 10.9. The van der Waals surface area contributed by atoms with Gasteiger partial charge in [0, 0.05) is 17.5 Å². The van der Waals surface area contributed by atoms with Crippen LogP contribution in [0.15, 0.2) is 0 Å². The number of piperidine rings is 1. The minimum absolute atomic E-state index is 0.141. The molecule has 4 saturated carbocycles. The molecule has 6 fully saturated rings. The Balaban J connectivity index is 1.38. The van der Waals surface area contributed by atoms with Gasteiger partial charge in [-0.25, -0.2) is 4.79 Å². The molecule has 146 valence electrons. The van der Waals surface area contributed by atoms with E-state index in [0.717, 1.165) is 43.4 Å². The van der Waals surface area contributed by atoms with Crippen LogP contribution < -0.4 is 0 Å². The molecule has 0 aromatic carbocycles. The van der Waals surface area contributed by atoms with Crippen molar-refractivity contribution in [3.63, 3.8) is 0 Å². The molecule has 6 rings (SSSR count). The molecule has 0 radical (unpaired) electrons. The fourth-order valence-electron chi connectivity index (χ4n) is 7.95. The monoisotopic (exact) mass is 361 g/mol. The van der Waals surface area contributed by atoms with Crippen LogP contribution >= 0.6 is 0 Å². The first-order chi connectivity index (χ1) is 12.2. The first-order valence-electron chi connectivity index (χ1n) is 10.9. The smallest absolute Gasteiger partial charge is 0.410 e. The van der Waals surface area contributed by atoms with E-state index in [-0.39, 0.29) is 23.6 Å². The number of carbonyl (C=O) groups excluding carboxylic acids is 1. The van der Waals surface area contributed by atoms with E-state index in [1.54, 1.807) is 0 Å². The average Bonchev–Trinajstić information content (AvgIpc) is 2.77. The Morgan fingerprint density at radius 2 is 1.38 bits per heavy atom. The number of carbonyl (C=O) groups is 1. The Labute approximate surface area is 157 Å². The third-order valence-electron chi connectivity index (χ3n) is 8.40. The van der Waals surface area contributed by atoms with Crippen LogP contribution in [0.5, 0.6) is 0 Å². The highest BCUT2D eigenvalue weighted by Gasteiger charge is 2.64. The predicted octanol–water partition coefficient (Wildman–Crippen LogP) is 4.50. The molecule has 2 heterocycles. The second-order valence-corrected chi connectivity index (χ2v) is 11.4. The minimum atomic E-state index is -0.562. The van der Waals surface area contributed by atoms with Crippen LogP contribution in [0, 0.1) is 23.2 Å². The van der Waals surface area contributed by atoms with Crippen LogP contribution in [0.2, 0.25) is 0 Å². The standard InChI is InChI=1S/C22H35NO3/c1-20(2,3)26-19(24)23-17-4-5-18(23)13-22(25,12-17)21-9-14-6-15(10-21)8-16(7-14)11-21/h14-18,25H,4-13H2,1-3H3. The Morgan fingerprint density at radius 1 is 0.923 bits per heavy atom. The zero-order valence-corrected chi connectivity index (χ0v) is 16.7. The highest BCUT2D eigenvalue weighted by molar-refractivity contribution is 5.69. The van der Waals surface area contributed by atoms with E-state index in [4.69, 9.17) is 4.74 Å². The normalized spacial score (nSPS) is 49.5. The third kappa shape index (κ3) is 2.54. The summed E-state index contributed by atoms with van der Waals surface area (Å²) in [6, 6.07) is 0.336. The fourth-order valence-corrected chi connectivity index (χ4v) is 7.95. The number of ether oxygens (including phenoxy) is 1. The topological polar surface area (TPSA) is 49.8 Å². The lowest BCUT2D eigenvalue weighted by Crippen LogP contribution is -2.64. The van der Waals surface area contributed by atoms with Crippen molar-refractivity contribution in [2.45, 2.75) is 108 Å². The number of hydrogen-bond acceptors (Lipinski definition) is 3. The summed E-state index contributed by atoms with van der Waals surface area (Å²) < 4.78 is 5.68. The van der Waals surface area contributed by atoms with Crippen LogP contribution in [-0.4, -0.2) is 39.4 Å². The largest absolute Gasteiger partial charge is 0.444 e. The van der Waals surface area contributed by atoms with Gasteiger partial charge in [0.25, 0.3) is 0 Å². The van der Waals surface area contributed by atoms with Gasteiger partial charge in [-0.2, -0.15) is 0 Å². The van der Waals surface area contributed by atoms with E-state index >= 15 is 0 Å². The van der Waals surface area contributed by atoms with Crippen molar-refractivity contribution in [2.24, 2.45) is 23.2 Å². The summed E-state index contributed by atoms with van der Waals surface area (Å²) in [4.78, 5) is 14.7. The number of rotatable bonds is 1. The van der Waals surface area contributed by atoms with Crippen LogP contribution in [0.4, 0.5) is 4.79 Å². The van der Waals surface area contributed by atoms with Crippen molar-refractivity contribution in [3.05, 3.63) is 0 Å². The average molecular weight is 362 g/mol. The van der Waals surface area contributed by atoms with Gasteiger partial charge in [-0.1, -0.05) is 0 Å². The molecule has 4 heteroatoms. The molecule has 1 N–H and O–H groups in total. The van der Waals surface area contributed by atoms with Gasteiger partial charge in [-0.3, -0.25) is 0 Å². The van der Waals surface area contributed by atoms with Gasteiger partial charge in [0.1, 0.15) is 5.60 Å². The number of amides is 1. The van der Waals surface area contributed by atoms with Crippen molar-refractivity contribution in [1.82, 2.24) is 4.90 Å². The summed E-state index contributed by atoms with van der Waals surface area (Å²) in [5.41, 5.74) is -0.875. The lowest BCUT2D eigenvalue weighted by Gasteiger charge is -2.64. The maximum absolute atomic E-state index is 12.8. The molecule has 0 aromatic rings. The van der Waals surface area contributed by atoms with Crippen molar-refractivity contribution >= 4 is 6.09 Å². The van der Waals surface area contributed by atoms with Crippen LogP contribution in [0.25, 0.3) is 0 Å². The Morgan fingerprint density at radius 3 is 1.81 bits per heavy atom. The third-order valence-corrected chi connectivity index (χ3v) is 8.40. The first kappa shape index (κ1) is 17.3. The van der Waals surface area contributed by atoms with Gasteiger partial charge >= 0.3 is 6.09 Å². The minimum Gasteiger partial charge on any atom is -0.444 e. The predicted molar refractivity (Wildman–Crippen MR) is 99.7 cm³/mol. The number of fused-ring (bicyclic) bond motifs is 2. The van der Waals surface area contributed by atoms with Gasteiger partial charge < -0.3 is 14.7 Å². The molecule has 26 heavy (non-hydrogen) atoms. The molecular formula is C22H35NO3. The highest BCUT2D eigenvalue weighted by atomic mass is 16.6. The lowest BCUT2D eigenvalue weighted by atomic mass is 9.44. The second-order valence-electron chi connectivity index (χ2n) is 11.4. The summed E-state index contributed by atoms with van der Waals surface area (Å²) in [5, 5.41) is 12.0. The summed E-state index contributed by atoms with van der Waals surface area (Å²) in [5.74, 6) is 2.56. The molecule has 4 nitrogen and oxygen atoms in total. The van der Waals surface area contributed by atoms with E-state index < -0.39 is 11.2 Å². The van der Waals surface area contributed by atoms with Gasteiger partial charge in [0.2, 0.25) is 0 Å². The molecular weight excluding hydrogens is 326 g/mol. The van der Waals surface area contributed by atoms with E-state index in [0.29, 0.717) is 0 Å². The van der Waals surface area contributed by atoms with Crippen molar-refractivity contribution in [3.8, 4) is 0 Å². The van der Waals surface area contributed by atoms with Gasteiger partial charge in [0.15, 0.2) is 0 Å². The van der Waals surface area contributed by atoms with Crippen molar-refractivity contribution < 1.29 is 14.6 Å². The number of aliphatic hydroxyl groups is 1. The Bertz CT molecular complexity index is 558. The lowest BCUT2D eigenvalue weighted by molar-refractivity contribution is -0.204. The van der Waals surface area contributed by atoms with Crippen molar-refractivity contribution in [2.75, 3.05) is 0 Å². The molecule has 2 atom stereocenters. The van der Waals surface area contributed by atoms with E-state index in [9.17, 15) is 9.90 Å². The maximum Gasteiger partial charge on any atom is 0.410 e. The summed E-state index contributed by atoms with van der Waals surface area (Å²) in [6.07, 6.45) is 11.4. The molecule has 0 spiro atoms. The van der Waals surface area contributed by atoms with Gasteiger partial charge in [-0.15, -0.1) is 0 Å². The quantitative estimate of drug-likeness (QED) is 0.748. The Kier molecular flexibility index (Phi) is 3.60. The van der Waals surface area contributed by atoms with E-state index in [2.05, 4.69) is 0 Å².